The first-order valence-electron chi connectivity index (χ1n) is 6.59. The molecule has 21 heavy (non-hydrogen) atoms. The summed E-state index contributed by atoms with van der Waals surface area (Å²) < 4.78 is 10.1. The van der Waals surface area contributed by atoms with Gasteiger partial charge in [0.05, 0.1) is 38.8 Å². The number of amides is 3. The molecule has 1 saturated heterocycles. The van der Waals surface area contributed by atoms with Gasteiger partial charge in [0.25, 0.3) is 0 Å². The van der Waals surface area contributed by atoms with Crippen molar-refractivity contribution in [2.75, 3.05) is 45.3 Å². The van der Waals surface area contributed by atoms with Gasteiger partial charge in [-0.2, -0.15) is 0 Å². The van der Waals surface area contributed by atoms with Gasteiger partial charge in [0.1, 0.15) is 0 Å². The summed E-state index contributed by atoms with van der Waals surface area (Å²) in [5, 5.41) is 5.10. The third-order valence-electron chi connectivity index (χ3n) is 2.97. The van der Waals surface area contributed by atoms with E-state index in [2.05, 4.69) is 15.6 Å². The molecule has 1 aromatic heterocycles. The second-order valence-corrected chi connectivity index (χ2v) is 4.39. The van der Waals surface area contributed by atoms with Gasteiger partial charge in [-0.05, 0) is 6.07 Å². The molecule has 2 N–H and O–H groups in total. The minimum absolute atomic E-state index is 0.0462. The smallest absolute Gasteiger partial charge is 0.319 e. The molecule has 0 bridgehead atoms. The Morgan fingerprint density at radius 1 is 1.38 bits per heavy atom. The molecule has 2 heterocycles. The van der Waals surface area contributed by atoms with Crippen molar-refractivity contribution in [3.05, 3.63) is 18.3 Å². The lowest BCUT2D eigenvalue weighted by Crippen LogP contribution is -2.46. The summed E-state index contributed by atoms with van der Waals surface area (Å²) in [7, 11) is 1.51. The third kappa shape index (κ3) is 4.60. The van der Waals surface area contributed by atoms with Gasteiger partial charge in [-0.25, -0.2) is 9.78 Å². The van der Waals surface area contributed by atoms with E-state index in [9.17, 15) is 9.59 Å². The highest BCUT2D eigenvalue weighted by atomic mass is 16.5. The van der Waals surface area contributed by atoms with Gasteiger partial charge in [0, 0.05) is 19.2 Å². The zero-order valence-electron chi connectivity index (χ0n) is 11.8. The Morgan fingerprint density at radius 3 is 2.76 bits per heavy atom. The maximum atomic E-state index is 11.8. The predicted molar refractivity (Wildman–Crippen MR) is 75.2 cm³/mol. The molecule has 1 fully saturated rings. The fourth-order valence-corrected chi connectivity index (χ4v) is 1.83. The molecule has 0 unspecified atom stereocenters. The van der Waals surface area contributed by atoms with E-state index in [1.807, 2.05) is 0 Å². The van der Waals surface area contributed by atoms with Crippen molar-refractivity contribution >= 4 is 17.6 Å². The molecule has 8 nitrogen and oxygen atoms in total. The molecule has 0 radical (unpaired) electrons. The highest BCUT2D eigenvalue weighted by molar-refractivity contribution is 5.92. The number of hydrogen-bond donors (Lipinski definition) is 2. The van der Waals surface area contributed by atoms with E-state index in [0.29, 0.717) is 37.9 Å². The number of nitrogens with zero attached hydrogens (tertiary/aromatic N) is 2. The molecule has 0 atom stereocenters. The molecule has 0 saturated carbocycles. The van der Waals surface area contributed by atoms with Crippen LogP contribution in [0.15, 0.2) is 18.3 Å². The van der Waals surface area contributed by atoms with E-state index in [-0.39, 0.29) is 12.5 Å². The van der Waals surface area contributed by atoms with Crippen LogP contribution >= 0.6 is 0 Å². The van der Waals surface area contributed by atoms with Crippen LogP contribution in [0.4, 0.5) is 10.5 Å². The Bertz CT molecular complexity index is 485. The van der Waals surface area contributed by atoms with Crippen LogP contribution in [0.25, 0.3) is 0 Å². The number of nitrogens with one attached hydrogen (secondary N) is 2. The Kier molecular flexibility index (Phi) is 5.33. The van der Waals surface area contributed by atoms with Crippen molar-refractivity contribution < 1.29 is 19.1 Å². The number of anilines is 1. The number of hydrogen-bond acceptors (Lipinski definition) is 5. The van der Waals surface area contributed by atoms with E-state index in [4.69, 9.17) is 9.47 Å². The van der Waals surface area contributed by atoms with Crippen molar-refractivity contribution in [3.63, 3.8) is 0 Å². The van der Waals surface area contributed by atoms with Crippen molar-refractivity contribution in [1.29, 1.82) is 0 Å². The average Bonchev–Trinajstić information content (AvgIpc) is 2.54. The van der Waals surface area contributed by atoms with Crippen LogP contribution in [-0.2, 0) is 9.53 Å². The molecule has 1 aromatic rings. The van der Waals surface area contributed by atoms with Crippen LogP contribution in [0.2, 0.25) is 0 Å². The first-order chi connectivity index (χ1) is 10.2. The number of carbonyl (C=O) groups excluding carboxylic acids is 2. The number of carbonyl (C=O) groups is 2. The summed E-state index contributed by atoms with van der Waals surface area (Å²) in [6, 6.07) is 2.84. The number of urea groups is 1. The van der Waals surface area contributed by atoms with Crippen LogP contribution in [-0.4, -0.2) is 61.8 Å². The van der Waals surface area contributed by atoms with Crippen LogP contribution in [0.5, 0.6) is 5.88 Å². The summed E-state index contributed by atoms with van der Waals surface area (Å²) in [5.74, 6) is 0.338. The number of aromatic nitrogens is 1. The number of morpholine rings is 1. The lowest BCUT2D eigenvalue weighted by Gasteiger charge is -2.26. The van der Waals surface area contributed by atoms with E-state index < -0.39 is 6.03 Å². The molecule has 3 amide bonds. The van der Waals surface area contributed by atoms with Crippen LogP contribution in [0, 0.1) is 0 Å². The number of rotatable bonds is 4. The molecule has 8 heteroatoms. The summed E-state index contributed by atoms with van der Waals surface area (Å²) in [6.07, 6.45) is 1.47. The normalized spacial score (nSPS) is 14.4. The largest absolute Gasteiger partial charge is 0.481 e. The zero-order valence-corrected chi connectivity index (χ0v) is 11.8. The lowest BCUT2D eigenvalue weighted by molar-refractivity contribution is -0.134. The fourth-order valence-electron chi connectivity index (χ4n) is 1.83. The molecule has 1 aliphatic heterocycles. The first-order valence-corrected chi connectivity index (χ1v) is 6.59. The van der Waals surface area contributed by atoms with Gasteiger partial charge in [-0.1, -0.05) is 0 Å². The molecule has 1 aliphatic rings. The van der Waals surface area contributed by atoms with E-state index >= 15 is 0 Å². The zero-order chi connectivity index (χ0) is 15.1. The quantitative estimate of drug-likeness (QED) is 0.820. The van der Waals surface area contributed by atoms with Gasteiger partial charge in [0.15, 0.2) is 0 Å². The maximum Gasteiger partial charge on any atom is 0.319 e. The van der Waals surface area contributed by atoms with Crippen molar-refractivity contribution in [2.45, 2.75) is 0 Å². The van der Waals surface area contributed by atoms with Gasteiger partial charge in [-0.15, -0.1) is 0 Å². The highest BCUT2D eigenvalue weighted by Crippen LogP contribution is 2.10. The van der Waals surface area contributed by atoms with Crippen LogP contribution in [0.1, 0.15) is 0 Å². The SMILES string of the molecule is COc1ccc(NC(=O)NCC(=O)N2CCOCC2)cn1. The third-order valence-corrected chi connectivity index (χ3v) is 2.97. The van der Waals surface area contributed by atoms with Gasteiger partial charge in [-0.3, -0.25) is 4.79 Å². The van der Waals surface area contributed by atoms with Crippen LogP contribution < -0.4 is 15.4 Å². The lowest BCUT2D eigenvalue weighted by atomic mass is 10.4. The standard InChI is InChI=1S/C13H18N4O4/c1-20-11-3-2-10(8-14-11)16-13(19)15-9-12(18)17-4-6-21-7-5-17/h2-3,8H,4-7,9H2,1H3,(H2,15,16,19). The second kappa shape index (κ2) is 7.44. The number of methoxy groups -OCH3 is 1. The van der Waals surface area contributed by atoms with Gasteiger partial charge < -0.3 is 25.0 Å². The van der Waals surface area contributed by atoms with Gasteiger partial charge in [0.2, 0.25) is 11.8 Å². The highest BCUT2D eigenvalue weighted by Gasteiger charge is 2.17. The molecule has 2 rings (SSSR count). The minimum Gasteiger partial charge on any atom is -0.481 e. The molecule has 0 aromatic carbocycles. The summed E-state index contributed by atoms with van der Waals surface area (Å²) in [4.78, 5) is 29.1. The van der Waals surface area contributed by atoms with Crippen LogP contribution in [0.3, 0.4) is 0 Å². The molecular formula is C13H18N4O4. The molecular weight excluding hydrogens is 276 g/mol. The summed E-state index contributed by atoms with van der Waals surface area (Å²) in [6.45, 7) is 2.15. The Balaban J connectivity index is 1.74. The van der Waals surface area contributed by atoms with Crippen molar-refractivity contribution in [1.82, 2.24) is 15.2 Å². The molecule has 0 spiro atoms. The molecule has 114 valence electrons. The topological polar surface area (TPSA) is 92.8 Å². The predicted octanol–water partition coefficient (Wildman–Crippen LogP) is 0.0705. The average molecular weight is 294 g/mol. The second-order valence-electron chi connectivity index (χ2n) is 4.39. The number of pyridine rings is 1. The first kappa shape index (κ1) is 15.0. The van der Waals surface area contributed by atoms with Crippen molar-refractivity contribution in [2.24, 2.45) is 0 Å². The fraction of sp³-hybridized carbons (Fsp3) is 0.462. The monoisotopic (exact) mass is 294 g/mol. The van der Waals surface area contributed by atoms with E-state index in [0.717, 1.165) is 0 Å². The summed E-state index contributed by atoms with van der Waals surface area (Å²) in [5.41, 5.74) is 0.520. The Labute approximate surface area is 122 Å². The van der Waals surface area contributed by atoms with Crippen molar-refractivity contribution in [3.8, 4) is 5.88 Å². The Hall–Kier alpha value is -2.35. The van der Waals surface area contributed by atoms with E-state index in [1.165, 1.54) is 13.3 Å². The summed E-state index contributed by atoms with van der Waals surface area (Å²) >= 11 is 0. The van der Waals surface area contributed by atoms with E-state index in [1.54, 1.807) is 17.0 Å². The number of ether oxygens (including phenoxy) is 2. The van der Waals surface area contributed by atoms with Gasteiger partial charge >= 0.3 is 6.03 Å². The Morgan fingerprint density at radius 2 is 2.14 bits per heavy atom. The minimum atomic E-state index is -0.455. The molecule has 0 aliphatic carbocycles. The maximum absolute atomic E-state index is 11.8.